The van der Waals surface area contributed by atoms with Crippen molar-refractivity contribution in [3.05, 3.63) is 0 Å². The molecule has 0 aromatic carbocycles. The monoisotopic (exact) mass is 202 g/mol. The highest BCUT2D eigenvalue weighted by Gasteiger charge is 1.97. The SMILES string of the molecule is CCN(CC)CCCCNCCOC. The van der Waals surface area contributed by atoms with Gasteiger partial charge in [0.1, 0.15) is 0 Å². The van der Waals surface area contributed by atoms with E-state index in [-0.39, 0.29) is 0 Å². The summed E-state index contributed by atoms with van der Waals surface area (Å²) in [6.07, 6.45) is 2.56. The van der Waals surface area contributed by atoms with E-state index >= 15 is 0 Å². The summed E-state index contributed by atoms with van der Waals surface area (Å²) in [7, 11) is 1.74. The molecule has 0 fully saturated rings. The fourth-order valence-corrected chi connectivity index (χ4v) is 1.42. The molecule has 86 valence electrons. The Morgan fingerprint density at radius 3 is 2.36 bits per heavy atom. The third kappa shape index (κ3) is 8.48. The minimum atomic E-state index is 0.816. The van der Waals surface area contributed by atoms with Crippen LogP contribution in [0.4, 0.5) is 0 Å². The second-order valence-electron chi connectivity index (χ2n) is 3.48. The van der Waals surface area contributed by atoms with Crippen LogP contribution in [0.25, 0.3) is 0 Å². The van der Waals surface area contributed by atoms with Crippen molar-refractivity contribution in [3.63, 3.8) is 0 Å². The molecule has 0 aromatic heterocycles. The van der Waals surface area contributed by atoms with Gasteiger partial charge in [-0.25, -0.2) is 0 Å². The maximum absolute atomic E-state index is 4.95. The summed E-state index contributed by atoms with van der Waals surface area (Å²) in [4.78, 5) is 2.47. The van der Waals surface area contributed by atoms with E-state index in [1.54, 1.807) is 7.11 Å². The molecule has 0 saturated carbocycles. The van der Waals surface area contributed by atoms with Crippen LogP contribution in [0.3, 0.4) is 0 Å². The van der Waals surface area contributed by atoms with Gasteiger partial charge in [-0.15, -0.1) is 0 Å². The molecule has 0 amide bonds. The third-order valence-electron chi connectivity index (χ3n) is 2.46. The Balaban J connectivity index is 3.04. The van der Waals surface area contributed by atoms with E-state index < -0.39 is 0 Å². The lowest BCUT2D eigenvalue weighted by molar-refractivity contribution is 0.199. The Hall–Kier alpha value is -0.120. The van der Waals surface area contributed by atoms with Crippen LogP contribution in [0.5, 0.6) is 0 Å². The highest BCUT2D eigenvalue weighted by molar-refractivity contribution is 4.54. The number of hydrogen-bond donors (Lipinski definition) is 1. The van der Waals surface area contributed by atoms with Crippen LogP contribution in [-0.4, -0.2) is 51.3 Å². The van der Waals surface area contributed by atoms with Crippen molar-refractivity contribution in [1.29, 1.82) is 0 Å². The Morgan fingerprint density at radius 2 is 1.79 bits per heavy atom. The summed E-state index contributed by atoms with van der Waals surface area (Å²) in [6, 6.07) is 0. The Kier molecular flexibility index (Phi) is 10.9. The molecule has 14 heavy (non-hydrogen) atoms. The molecule has 0 spiro atoms. The first kappa shape index (κ1) is 13.9. The summed E-state index contributed by atoms with van der Waals surface area (Å²) < 4.78 is 4.95. The first-order valence-corrected chi connectivity index (χ1v) is 5.77. The van der Waals surface area contributed by atoms with Crippen LogP contribution >= 0.6 is 0 Å². The lowest BCUT2D eigenvalue weighted by Gasteiger charge is -2.17. The maximum atomic E-state index is 4.95. The van der Waals surface area contributed by atoms with Crippen molar-refractivity contribution < 1.29 is 4.74 Å². The first-order valence-electron chi connectivity index (χ1n) is 5.77. The molecule has 0 aliphatic carbocycles. The summed E-state index contributed by atoms with van der Waals surface area (Å²) in [5.74, 6) is 0. The van der Waals surface area contributed by atoms with Gasteiger partial charge < -0.3 is 15.0 Å². The van der Waals surface area contributed by atoms with Crippen molar-refractivity contribution in [2.75, 3.05) is 46.4 Å². The molecule has 0 rings (SSSR count). The van der Waals surface area contributed by atoms with Crippen molar-refractivity contribution in [1.82, 2.24) is 10.2 Å². The number of nitrogens with one attached hydrogen (secondary N) is 1. The van der Waals surface area contributed by atoms with Crippen LogP contribution in [0, 0.1) is 0 Å². The largest absolute Gasteiger partial charge is 0.383 e. The second kappa shape index (κ2) is 11.0. The van der Waals surface area contributed by atoms with Crippen molar-refractivity contribution in [2.24, 2.45) is 0 Å². The van der Waals surface area contributed by atoms with Crippen LogP contribution in [-0.2, 0) is 4.74 Å². The van der Waals surface area contributed by atoms with Gasteiger partial charge >= 0.3 is 0 Å². The number of unbranched alkanes of at least 4 members (excludes halogenated alkanes) is 1. The number of rotatable bonds is 10. The van der Waals surface area contributed by atoms with E-state index in [9.17, 15) is 0 Å². The van der Waals surface area contributed by atoms with E-state index in [1.807, 2.05) is 0 Å². The average molecular weight is 202 g/mol. The fraction of sp³-hybridized carbons (Fsp3) is 1.00. The van der Waals surface area contributed by atoms with E-state index in [2.05, 4.69) is 24.1 Å². The molecule has 0 bridgehead atoms. The van der Waals surface area contributed by atoms with Gasteiger partial charge in [0.15, 0.2) is 0 Å². The molecule has 0 unspecified atom stereocenters. The van der Waals surface area contributed by atoms with Gasteiger partial charge in [-0.1, -0.05) is 13.8 Å². The molecule has 3 heteroatoms. The van der Waals surface area contributed by atoms with Crippen molar-refractivity contribution in [3.8, 4) is 0 Å². The van der Waals surface area contributed by atoms with Gasteiger partial charge in [-0.3, -0.25) is 0 Å². The lowest BCUT2D eigenvalue weighted by Crippen LogP contribution is -2.25. The maximum Gasteiger partial charge on any atom is 0.0587 e. The quantitative estimate of drug-likeness (QED) is 0.541. The second-order valence-corrected chi connectivity index (χ2v) is 3.48. The third-order valence-corrected chi connectivity index (χ3v) is 2.46. The van der Waals surface area contributed by atoms with Gasteiger partial charge in [0, 0.05) is 13.7 Å². The van der Waals surface area contributed by atoms with E-state index in [4.69, 9.17) is 4.74 Å². The zero-order chi connectivity index (χ0) is 10.6. The van der Waals surface area contributed by atoms with E-state index in [0.717, 1.165) is 19.7 Å². The van der Waals surface area contributed by atoms with Crippen molar-refractivity contribution in [2.45, 2.75) is 26.7 Å². The van der Waals surface area contributed by atoms with Gasteiger partial charge in [-0.2, -0.15) is 0 Å². The molecule has 0 saturated heterocycles. The lowest BCUT2D eigenvalue weighted by atomic mass is 10.3. The van der Waals surface area contributed by atoms with E-state index in [1.165, 1.54) is 32.5 Å². The molecule has 0 atom stereocenters. The minimum Gasteiger partial charge on any atom is -0.383 e. The Bertz CT molecular complexity index is 105. The van der Waals surface area contributed by atoms with Crippen LogP contribution < -0.4 is 5.32 Å². The zero-order valence-corrected chi connectivity index (χ0v) is 10.0. The first-order chi connectivity index (χ1) is 6.85. The molecule has 0 aliphatic heterocycles. The predicted octanol–water partition coefficient (Wildman–Crippen LogP) is 1.34. The van der Waals surface area contributed by atoms with Gasteiger partial charge in [0.05, 0.1) is 6.61 Å². The number of ether oxygens (including phenoxy) is 1. The minimum absolute atomic E-state index is 0.816. The summed E-state index contributed by atoms with van der Waals surface area (Å²) >= 11 is 0. The normalized spacial score (nSPS) is 11.1. The Morgan fingerprint density at radius 1 is 1.07 bits per heavy atom. The molecule has 0 radical (unpaired) electrons. The number of nitrogens with zero attached hydrogens (tertiary/aromatic N) is 1. The predicted molar refractivity (Wildman–Crippen MR) is 61.8 cm³/mol. The van der Waals surface area contributed by atoms with Crippen molar-refractivity contribution >= 4 is 0 Å². The van der Waals surface area contributed by atoms with Crippen LogP contribution in [0.1, 0.15) is 26.7 Å². The average Bonchev–Trinajstić information content (AvgIpc) is 2.22. The molecule has 0 aromatic rings. The molecule has 1 N–H and O–H groups in total. The zero-order valence-electron chi connectivity index (χ0n) is 10.0. The van der Waals surface area contributed by atoms with Crippen LogP contribution in [0.2, 0.25) is 0 Å². The number of hydrogen-bond acceptors (Lipinski definition) is 3. The van der Waals surface area contributed by atoms with Gasteiger partial charge in [-0.05, 0) is 39.0 Å². The van der Waals surface area contributed by atoms with Gasteiger partial charge in [0.2, 0.25) is 0 Å². The summed E-state index contributed by atoms with van der Waals surface area (Å²) in [6.45, 7) is 10.9. The molecular formula is C11H26N2O. The summed E-state index contributed by atoms with van der Waals surface area (Å²) in [5.41, 5.74) is 0. The topological polar surface area (TPSA) is 24.5 Å². The molecular weight excluding hydrogens is 176 g/mol. The molecule has 0 aliphatic rings. The molecule has 3 nitrogen and oxygen atoms in total. The van der Waals surface area contributed by atoms with Gasteiger partial charge in [0.25, 0.3) is 0 Å². The smallest absolute Gasteiger partial charge is 0.0587 e. The van der Waals surface area contributed by atoms with Crippen LogP contribution in [0.15, 0.2) is 0 Å². The highest BCUT2D eigenvalue weighted by Crippen LogP contribution is 1.93. The fourth-order valence-electron chi connectivity index (χ4n) is 1.42. The Labute approximate surface area is 88.8 Å². The summed E-state index contributed by atoms with van der Waals surface area (Å²) in [5, 5.41) is 3.35. The standard InChI is InChI=1S/C11H26N2O/c1-4-13(5-2)10-7-6-8-12-9-11-14-3/h12H,4-11H2,1-3H3. The van der Waals surface area contributed by atoms with E-state index in [0.29, 0.717) is 0 Å². The molecule has 0 heterocycles. The highest BCUT2D eigenvalue weighted by atomic mass is 16.5. The number of methoxy groups -OCH3 is 1.